The van der Waals surface area contributed by atoms with Gasteiger partial charge in [0.25, 0.3) is 5.69 Å². The van der Waals surface area contributed by atoms with Crippen molar-refractivity contribution in [2.24, 2.45) is 5.92 Å². The van der Waals surface area contributed by atoms with E-state index in [1.165, 1.54) is 12.1 Å². The van der Waals surface area contributed by atoms with Crippen LogP contribution in [0.25, 0.3) is 0 Å². The fraction of sp³-hybridized carbons (Fsp3) is 0.538. The summed E-state index contributed by atoms with van der Waals surface area (Å²) in [6, 6.07) is 5.06. The van der Waals surface area contributed by atoms with Gasteiger partial charge in [0.1, 0.15) is 0 Å². The summed E-state index contributed by atoms with van der Waals surface area (Å²) in [5, 5.41) is 14.5. The first-order valence-electron chi connectivity index (χ1n) is 6.11. The summed E-state index contributed by atoms with van der Waals surface area (Å²) in [4.78, 5) is 10.2. The number of halogens is 1. The van der Waals surface area contributed by atoms with Crippen molar-refractivity contribution in [2.45, 2.75) is 33.2 Å². The molecule has 18 heavy (non-hydrogen) atoms. The molecule has 0 aliphatic rings. The highest BCUT2D eigenvalue weighted by atomic mass is 35.5. The molecule has 5 heteroatoms. The van der Waals surface area contributed by atoms with Gasteiger partial charge in [-0.1, -0.05) is 31.5 Å². The fourth-order valence-electron chi connectivity index (χ4n) is 1.86. The minimum atomic E-state index is -0.430. The first-order chi connectivity index (χ1) is 8.45. The summed E-state index contributed by atoms with van der Waals surface area (Å²) in [6.07, 6.45) is 0.811. The Balaban J connectivity index is 2.76. The van der Waals surface area contributed by atoms with Crippen LogP contribution >= 0.6 is 11.6 Å². The lowest BCUT2D eigenvalue weighted by Gasteiger charge is -2.21. The molecule has 0 aromatic heterocycles. The van der Waals surface area contributed by atoms with Crippen molar-refractivity contribution in [3.05, 3.63) is 38.9 Å². The van der Waals surface area contributed by atoms with Crippen LogP contribution in [-0.2, 0) is 6.42 Å². The summed E-state index contributed by atoms with van der Waals surface area (Å²) in [6.45, 7) is 7.28. The monoisotopic (exact) mass is 270 g/mol. The Labute approximate surface area is 112 Å². The molecule has 1 N–H and O–H groups in total. The Kier molecular flexibility index (Phi) is 5.56. The zero-order valence-electron chi connectivity index (χ0n) is 10.9. The average Bonchev–Trinajstić information content (AvgIpc) is 2.31. The number of rotatable bonds is 6. The number of hydrogen-bond acceptors (Lipinski definition) is 3. The number of nitrogens with zero attached hydrogens (tertiary/aromatic N) is 1. The molecule has 0 radical (unpaired) electrons. The highest BCUT2D eigenvalue weighted by Gasteiger charge is 2.15. The fourth-order valence-corrected chi connectivity index (χ4v) is 2.11. The molecular weight excluding hydrogens is 252 g/mol. The van der Waals surface area contributed by atoms with E-state index in [2.05, 4.69) is 26.1 Å². The molecule has 1 aromatic carbocycles. The van der Waals surface area contributed by atoms with Gasteiger partial charge in [-0.05, 0) is 31.4 Å². The van der Waals surface area contributed by atoms with E-state index in [4.69, 9.17) is 11.6 Å². The molecule has 0 saturated heterocycles. The topological polar surface area (TPSA) is 55.2 Å². The van der Waals surface area contributed by atoms with E-state index in [1.54, 1.807) is 6.07 Å². The molecule has 4 nitrogen and oxygen atoms in total. The molecule has 0 fully saturated rings. The molecule has 0 spiro atoms. The van der Waals surface area contributed by atoms with Gasteiger partial charge in [0.2, 0.25) is 0 Å². The highest BCUT2D eigenvalue weighted by molar-refractivity contribution is 6.31. The average molecular weight is 271 g/mol. The van der Waals surface area contributed by atoms with E-state index < -0.39 is 4.92 Å². The zero-order valence-corrected chi connectivity index (χ0v) is 11.7. The maximum atomic E-state index is 10.6. The third kappa shape index (κ3) is 3.96. The van der Waals surface area contributed by atoms with Crippen LogP contribution in [-0.4, -0.2) is 17.5 Å². The highest BCUT2D eigenvalue weighted by Crippen LogP contribution is 2.25. The Hall–Kier alpha value is -1.13. The predicted octanol–water partition coefficient (Wildman–Crippen LogP) is 3.42. The molecule has 1 rings (SSSR count). The SMILES string of the molecule is CCNC(C)C(C)Cc1ccc([N+](=O)[O-])cc1Cl. The number of hydrogen-bond donors (Lipinski definition) is 1. The van der Waals surface area contributed by atoms with E-state index in [0.717, 1.165) is 18.5 Å². The first-order valence-corrected chi connectivity index (χ1v) is 6.49. The van der Waals surface area contributed by atoms with Crippen molar-refractivity contribution < 1.29 is 4.92 Å². The van der Waals surface area contributed by atoms with Crippen molar-refractivity contribution in [1.29, 1.82) is 0 Å². The summed E-state index contributed by atoms with van der Waals surface area (Å²) < 4.78 is 0. The van der Waals surface area contributed by atoms with Gasteiger partial charge in [0, 0.05) is 18.2 Å². The zero-order chi connectivity index (χ0) is 13.7. The Bertz CT molecular complexity index is 423. The molecule has 0 heterocycles. The number of non-ortho nitro benzene ring substituents is 1. The lowest BCUT2D eigenvalue weighted by molar-refractivity contribution is -0.384. The van der Waals surface area contributed by atoms with E-state index in [1.807, 2.05) is 0 Å². The lowest BCUT2D eigenvalue weighted by atomic mass is 9.95. The molecule has 0 saturated carbocycles. The molecule has 0 bridgehead atoms. The molecule has 0 amide bonds. The van der Waals surface area contributed by atoms with Gasteiger partial charge in [-0.3, -0.25) is 10.1 Å². The second-order valence-electron chi connectivity index (χ2n) is 4.56. The van der Waals surface area contributed by atoms with Crippen LogP contribution in [0.5, 0.6) is 0 Å². The number of nitro benzene ring substituents is 1. The van der Waals surface area contributed by atoms with Crippen molar-refractivity contribution in [2.75, 3.05) is 6.54 Å². The van der Waals surface area contributed by atoms with Crippen molar-refractivity contribution in [3.63, 3.8) is 0 Å². The quantitative estimate of drug-likeness (QED) is 0.636. The molecule has 2 unspecified atom stereocenters. The normalized spacial score (nSPS) is 14.2. The van der Waals surface area contributed by atoms with Gasteiger partial charge < -0.3 is 5.32 Å². The van der Waals surface area contributed by atoms with Crippen LogP contribution in [0.2, 0.25) is 5.02 Å². The van der Waals surface area contributed by atoms with Gasteiger partial charge >= 0.3 is 0 Å². The first kappa shape index (κ1) is 14.9. The van der Waals surface area contributed by atoms with Crippen molar-refractivity contribution in [1.82, 2.24) is 5.32 Å². The second kappa shape index (κ2) is 6.71. The van der Waals surface area contributed by atoms with Gasteiger partial charge in [0.15, 0.2) is 0 Å². The summed E-state index contributed by atoms with van der Waals surface area (Å²) >= 11 is 6.07. The van der Waals surface area contributed by atoms with E-state index in [9.17, 15) is 10.1 Å². The third-order valence-corrected chi connectivity index (χ3v) is 3.52. The van der Waals surface area contributed by atoms with Crippen LogP contribution < -0.4 is 5.32 Å². The second-order valence-corrected chi connectivity index (χ2v) is 4.97. The van der Waals surface area contributed by atoms with Crippen LogP contribution in [0.15, 0.2) is 18.2 Å². The summed E-state index contributed by atoms with van der Waals surface area (Å²) in [5.41, 5.74) is 0.996. The van der Waals surface area contributed by atoms with E-state index >= 15 is 0 Å². The minimum absolute atomic E-state index is 0.0381. The molecular formula is C13H19ClN2O2. The maximum Gasteiger partial charge on any atom is 0.270 e. The standard InChI is InChI=1S/C13H19ClN2O2/c1-4-15-10(3)9(2)7-11-5-6-12(16(17)18)8-13(11)14/h5-6,8-10,15H,4,7H2,1-3H3. The van der Waals surface area contributed by atoms with Crippen LogP contribution in [0, 0.1) is 16.0 Å². The number of nitro groups is 1. The smallest absolute Gasteiger partial charge is 0.270 e. The van der Waals surface area contributed by atoms with Crippen molar-refractivity contribution >= 4 is 17.3 Å². The summed E-state index contributed by atoms with van der Waals surface area (Å²) in [5.74, 6) is 0.420. The van der Waals surface area contributed by atoms with Crippen LogP contribution in [0.4, 0.5) is 5.69 Å². The molecule has 1 aromatic rings. The predicted molar refractivity (Wildman–Crippen MR) is 74.1 cm³/mol. The number of benzene rings is 1. The summed E-state index contributed by atoms with van der Waals surface area (Å²) in [7, 11) is 0. The van der Waals surface area contributed by atoms with Crippen LogP contribution in [0.1, 0.15) is 26.3 Å². The Morgan fingerprint density at radius 1 is 1.44 bits per heavy atom. The minimum Gasteiger partial charge on any atom is -0.314 e. The van der Waals surface area contributed by atoms with Gasteiger partial charge in [-0.2, -0.15) is 0 Å². The van der Waals surface area contributed by atoms with E-state index in [0.29, 0.717) is 17.0 Å². The Morgan fingerprint density at radius 2 is 2.11 bits per heavy atom. The Morgan fingerprint density at radius 3 is 2.61 bits per heavy atom. The van der Waals surface area contributed by atoms with Gasteiger partial charge in [0.05, 0.1) is 9.95 Å². The molecule has 2 atom stereocenters. The molecule has 0 aliphatic carbocycles. The van der Waals surface area contributed by atoms with Gasteiger partial charge in [-0.25, -0.2) is 0 Å². The lowest BCUT2D eigenvalue weighted by Crippen LogP contribution is -2.32. The van der Waals surface area contributed by atoms with E-state index in [-0.39, 0.29) is 5.69 Å². The molecule has 0 aliphatic heterocycles. The third-order valence-electron chi connectivity index (χ3n) is 3.17. The largest absolute Gasteiger partial charge is 0.314 e. The van der Waals surface area contributed by atoms with Crippen molar-refractivity contribution in [3.8, 4) is 0 Å². The molecule has 100 valence electrons. The van der Waals surface area contributed by atoms with Crippen LogP contribution in [0.3, 0.4) is 0 Å². The maximum absolute atomic E-state index is 10.6. The number of nitrogens with one attached hydrogen (secondary N) is 1. The van der Waals surface area contributed by atoms with Gasteiger partial charge in [-0.15, -0.1) is 0 Å².